The van der Waals surface area contributed by atoms with E-state index in [4.69, 9.17) is 5.11 Å². The van der Waals surface area contributed by atoms with Gasteiger partial charge in [-0.05, 0) is 12.1 Å². The number of nitrogens with one attached hydrogen (secondary N) is 1. The first-order valence-corrected chi connectivity index (χ1v) is 3.60. The molecule has 1 amide bonds. The fourth-order valence-corrected chi connectivity index (χ4v) is 0.778. The number of hydrogen-bond acceptors (Lipinski definition) is 3. The van der Waals surface area contributed by atoms with Crippen molar-refractivity contribution in [3.8, 4) is 0 Å². The number of carbonyl (C=O) groups excluding carboxylic acids is 1. The van der Waals surface area contributed by atoms with Crippen LogP contribution in [0.1, 0.15) is 6.42 Å². The van der Waals surface area contributed by atoms with Crippen LogP contribution >= 0.6 is 0 Å². The van der Waals surface area contributed by atoms with E-state index >= 15 is 0 Å². The molecular weight excluding hydrogens is 179 g/mol. The molecule has 0 radical (unpaired) electrons. The topological polar surface area (TPSA) is 79.3 Å². The molecule has 0 aromatic carbocycles. The maximum absolute atomic E-state index is 10.9. The predicted octanol–water partition coefficient (Wildman–Crippen LogP) is -0.154. The third-order valence-electron chi connectivity index (χ3n) is 1.28. The number of amides is 1. The van der Waals surface area contributed by atoms with Gasteiger partial charge in [0.15, 0.2) is 0 Å². The van der Waals surface area contributed by atoms with Gasteiger partial charge in [-0.1, -0.05) is 0 Å². The van der Waals surface area contributed by atoms with Crippen molar-refractivity contribution in [1.29, 1.82) is 0 Å². The summed E-state index contributed by atoms with van der Waals surface area (Å²) in [5.41, 5.74) is 0.543. The molecule has 14 heavy (non-hydrogen) atoms. The van der Waals surface area contributed by atoms with Crippen LogP contribution in [0.25, 0.3) is 0 Å². The van der Waals surface area contributed by atoms with Crippen molar-refractivity contribution in [1.82, 2.24) is 4.98 Å². The Balaban J connectivity index is 0.00000169. The third kappa shape index (κ3) is 4.65. The molecule has 0 fully saturated rings. The molecule has 1 rings (SSSR count). The second kappa shape index (κ2) is 6.19. The van der Waals surface area contributed by atoms with Crippen LogP contribution in [0.15, 0.2) is 24.5 Å². The number of pyridine rings is 1. The normalized spacial score (nSPS) is 8.57. The number of anilines is 1. The number of aromatic nitrogens is 1. The molecule has 0 aliphatic rings. The van der Waals surface area contributed by atoms with Gasteiger partial charge in [0.05, 0.1) is 0 Å². The van der Waals surface area contributed by atoms with E-state index in [0.717, 1.165) is 0 Å². The number of aliphatic carboxylic acids is 1. The summed E-state index contributed by atoms with van der Waals surface area (Å²) in [6.07, 6.45) is 2.50. The molecule has 6 heteroatoms. The minimum atomic E-state index is -1.15. The van der Waals surface area contributed by atoms with Gasteiger partial charge in [0.2, 0.25) is 5.91 Å². The molecule has 0 bridgehead atoms. The average Bonchev–Trinajstić information content (AvgIpc) is 2.04. The predicted molar refractivity (Wildman–Crippen MR) is 52.3 cm³/mol. The second-order valence-corrected chi connectivity index (χ2v) is 2.35. The number of rotatable bonds is 3. The van der Waals surface area contributed by atoms with Crippen LogP contribution < -0.4 is 5.32 Å². The van der Waals surface area contributed by atoms with Crippen molar-refractivity contribution >= 4 is 36.4 Å². The van der Waals surface area contributed by atoms with Gasteiger partial charge in [0.1, 0.15) is 6.42 Å². The zero-order chi connectivity index (χ0) is 9.68. The van der Waals surface area contributed by atoms with Crippen LogP contribution in [0, 0.1) is 0 Å². The summed E-state index contributed by atoms with van der Waals surface area (Å²) in [7, 11) is 0. The molecule has 0 atom stereocenters. The van der Waals surface area contributed by atoms with Gasteiger partial charge in [0.25, 0.3) is 0 Å². The Morgan fingerprint density at radius 1 is 1.36 bits per heavy atom. The monoisotopic (exact) mass is 188 g/mol. The molecule has 0 saturated heterocycles. The Morgan fingerprint density at radius 3 is 2.43 bits per heavy atom. The standard InChI is InChI=1S/C8H8N2O3.Li.H/c11-7(5-8(12)13)10-6-1-3-9-4-2-6;;/h1-4H,5H2,(H,12,13)(H,9,10,11);;. The molecule has 0 spiro atoms. The van der Waals surface area contributed by atoms with E-state index in [1.54, 1.807) is 12.1 Å². The van der Waals surface area contributed by atoms with Crippen molar-refractivity contribution < 1.29 is 14.7 Å². The van der Waals surface area contributed by atoms with E-state index in [1.807, 2.05) is 0 Å². The van der Waals surface area contributed by atoms with Crippen molar-refractivity contribution in [2.45, 2.75) is 6.42 Å². The molecule has 1 heterocycles. The molecule has 5 nitrogen and oxygen atoms in total. The molecule has 2 N–H and O–H groups in total. The van der Waals surface area contributed by atoms with Crippen molar-refractivity contribution in [3.63, 3.8) is 0 Å². The zero-order valence-electron chi connectivity index (χ0n) is 6.73. The van der Waals surface area contributed by atoms with Crippen molar-refractivity contribution in [3.05, 3.63) is 24.5 Å². The Kier molecular flexibility index (Phi) is 5.61. The van der Waals surface area contributed by atoms with E-state index in [0.29, 0.717) is 5.69 Å². The average molecular weight is 188 g/mol. The summed E-state index contributed by atoms with van der Waals surface area (Å²) in [6, 6.07) is 3.17. The fraction of sp³-hybridized carbons (Fsp3) is 0.125. The molecule has 0 aliphatic heterocycles. The number of hydrogen-bond donors (Lipinski definition) is 2. The van der Waals surface area contributed by atoms with Crippen LogP contribution in [-0.4, -0.2) is 40.8 Å². The first-order chi connectivity index (χ1) is 6.18. The maximum atomic E-state index is 10.9. The number of nitrogens with zero attached hydrogens (tertiary/aromatic N) is 1. The van der Waals surface area contributed by atoms with Crippen LogP contribution in [-0.2, 0) is 9.59 Å². The van der Waals surface area contributed by atoms with Gasteiger partial charge >= 0.3 is 24.8 Å². The zero-order valence-corrected chi connectivity index (χ0v) is 6.73. The number of carboxylic acid groups (broad SMARTS) is 1. The van der Waals surface area contributed by atoms with Crippen molar-refractivity contribution in [2.75, 3.05) is 5.32 Å². The van der Waals surface area contributed by atoms with Crippen LogP contribution in [0.4, 0.5) is 5.69 Å². The Morgan fingerprint density at radius 2 is 1.93 bits per heavy atom. The third-order valence-corrected chi connectivity index (χ3v) is 1.28. The minimum absolute atomic E-state index is 0. The number of carbonyl (C=O) groups is 2. The molecule has 0 aliphatic carbocycles. The van der Waals surface area contributed by atoms with E-state index in [9.17, 15) is 9.59 Å². The first kappa shape index (κ1) is 12.7. The summed E-state index contributed by atoms with van der Waals surface area (Å²) < 4.78 is 0. The van der Waals surface area contributed by atoms with E-state index in [2.05, 4.69) is 10.3 Å². The molecule has 70 valence electrons. The molecule has 1 aromatic heterocycles. The van der Waals surface area contributed by atoms with E-state index in [-0.39, 0.29) is 18.9 Å². The summed E-state index contributed by atoms with van der Waals surface area (Å²) in [5, 5.41) is 10.7. The first-order valence-electron chi connectivity index (χ1n) is 3.60. The Bertz CT molecular complexity index is 316. The van der Waals surface area contributed by atoms with Crippen molar-refractivity contribution in [2.24, 2.45) is 0 Å². The SMILES string of the molecule is O=C(O)CC(=O)Nc1ccncc1.[LiH]. The van der Waals surface area contributed by atoms with Gasteiger partial charge < -0.3 is 10.4 Å². The Labute approximate surface area is 92.7 Å². The van der Waals surface area contributed by atoms with Crippen LogP contribution in [0.3, 0.4) is 0 Å². The molecular formula is C8H9LiN2O3. The van der Waals surface area contributed by atoms with Crippen LogP contribution in [0.5, 0.6) is 0 Å². The Hall–Kier alpha value is -1.31. The number of carboxylic acids is 1. The quantitative estimate of drug-likeness (QED) is 0.510. The summed E-state index contributed by atoms with van der Waals surface area (Å²) >= 11 is 0. The van der Waals surface area contributed by atoms with Crippen LogP contribution in [0.2, 0.25) is 0 Å². The van der Waals surface area contributed by atoms with E-state index in [1.165, 1.54) is 12.4 Å². The molecule has 0 unspecified atom stereocenters. The van der Waals surface area contributed by atoms with Gasteiger partial charge in [0, 0.05) is 18.1 Å². The molecule has 1 aromatic rings. The van der Waals surface area contributed by atoms with Gasteiger partial charge in [-0.2, -0.15) is 0 Å². The van der Waals surface area contributed by atoms with Gasteiger partial charge in [-0.3, -0.25) is 14.6 Å². The summed E-state index contributed by atoms with van der Waals surface area (Å²) in [6.45, 7) is 0. The fourth-order valence-electron chi connectivity index (χ4n) is 0.778. The van der Waals surface area contributed by atoms with E-state index < -0.39 is 18.3 Å². The molecule has 0 saturated carbocycles. The summed E-state index contributed by atoms with van der Waals surface area (Å²) in [4.78, 5) is 24.8. The second-order valence-electron chi connectivity index (χ2n) is 2.35. The van der Waals surface area contributed by atoms with Gasteiger partial charge in [-0.15, -0.1) is 0 Å². The summed E-state index contributed by atoms with van der Waals surface area (Å²) in [5.74, 6) is -1.69. The van der Waals surface area contributed by atoms with Gasteiger partial charge in [-0.25, -0.2) is 0 Å².